The molecule has 0 unspecified atom stereocenters. The fourth-order valence-corrected chi connectivity index (χ4v) is 3.14. The number of hydrogen-bond donors (Lipinski definition) is 2. The maximum atomic E-state index is 12.9. The van der Waals surface area contributed by atoms with Crippen LogP contribution in [0.5, 0.6) is 0 Å². The van der Waals surface area contributed by atoms with Crippen LogP contribution in [0.4, 0.5) is 0 Å². The van der Waals surface area contributed by atoms with Gasteiger partial charge in [0.25, 0.3) is 5.91 Å². The van der Waals surface area contributed by atoms with Gasteiger partial charge >= 0.3 is 0 Å². The van der Waals surface area contributed by atoms with E-state index in [0.717, 1.165) is 16.7 Å². The molecule has 0 spiro atoms. The van der Waals surface area contributed by atoms with Crippen molar-refractivity contribution < 1.29 is 9.59 Å². The zero-order valence-electron chi connectivity index (χ0n) is 15.9. The fraction of sp³-hybridized carbons (Fsp3) is 0.167. The van der Waals surface area contributed by atoms with E-state index in [2.05, 4.69) is 10.6 Å². The summed E-state index contributed by atoms with van der Waals surface area (Å²) in [7, 11) is 0. The molecule has 4 heteroatoms. The summed E-state index contributed by atoms with van der Waals surface area (Å²) in [6.45, 7) is 2.69. The topological polar surface area (TPSA) is 58.2 Å². The highest BCUT2D eigenvalue weighted by Crippen LogP contribution is 2.24. The lowest BCUT2D eigenvalue weighted by Crippen LogP contribution is -2.37. The van der Waals surface area contributed by atoms with Gasteiger partial charge in [-0.05, 0) is 30.2 Å². The highest BCUT2D eigenvalue weighted by atomic mass is 16.2. The Balaban J connectivity index is 1.59. The van der Waals surface area contributed by atoms with E-state index in [0.29, 0.717) is 18.7 Å². The Morgan fingerprint density at radius 3 is 1.89 bits per heavy atom. The minimum Gasteiger partial charge on any atom is -0.354 e. The highest BCUT2D eigenvalue weighted by Gasteiger charge is 2.22. The molecule has 2 amide bonds. The molecule has 0 fully saturated rings. The van der Waals surface area contributed by atoms with Crippen LogP contribution < -0.4 is 10.6 Å². The Hall–Kier alpha value is -3.40. The number of carbonyl (C=O) groups excluding carboxylic acids is 2. The van der Waals surface area contributed by atoms with Crippen LogP contribution in [0.2, 0.25) is 0 Å². The maximum Gasteiger partial charge on any atom is 0.251 e. The Morgan fingerprint density at radius 1 is 0.750 bits per heavy atom. The van der Waals surface area contributed by atoms with Gasteiger partial charge in [0.1, 0.15) is 0 Å². The van der Waals surface area contributed by atoms with E-state index in [1.165, 1.54) is 0 Å². The monoisotopic (exact) mass is 372 g/mol. The van der Waals surface area contributed by atoms with Crippen molar-refractivity contribution in [1.29, 1.82) is 0 Å². The van der Waals surface area contributed by atoms with Gasteiger partial charge in [0, 0.05) is 18.7 Å². The molecule has 2 N–H and O–H groups in total. The van der Waals surface area contributed by atoms with Crippen molar-refractivity contribution in [2.45, 2.75) is 12.8 Å². The minimum absolute atomic E-state index is 0.0813. The van der Waals surface area contributed by atoms with Crippen molar-refractivity contribution in [3.05, 3.63) is 107 Å². The summed E-state index contributed by atoms with van der Waals surface area (Å²) in [5, 5.41) is 5.79. The first-order chi connectivity index (χ1) is 13.6. The molecule has 3 aromatic carbocycles. The van der Waals surface area contributed by atoms with Gasteiger partial charge in [0.05, 0.1) is 5.92 Å². The number of amides is 2. The molecule has 0 aliphatic rings. The third-order valence-corrected chi connectivity index (χ3v) is 4.52. The zero-order chi connectivity index (χ0) is 19.8. The number of carbonyl (C=O) groups is 2. The SMILES string of the molecule is Cc1cccc(C(=O)NCCNC(=O)C(c2ccccc2)c2ccccc2)c1. The van der Waals surface area contributed by atoms with E-state index >= 15 is 0 Å². The molecule has 0 saturated carbocycles. The average Bonchev–Trinajstić information content (AvgIpc) is 2.73. The van der Waals surface area contributed by atoms with Crippen LogP contribution in [-0.4, -0.2) is 24.9 Å². The van der Waals surface area contributed by atoms with Gasteiger partial charge in [-0.1, -0.05) is 78.4 Å². The maximum absolute atomic E-state index is 12.9. The summed E-state index contributed by atoms with van der Waals surface area (Å²) in [5.74, 6) is -0.599. The molecule has 3 rings (SSSR count). The van der Waals surface area contributed by atoms with E-state index in [1.807, 2.05) is 85.8 Å². The molecule has 0 bridgehead atoms. The van der Waals surface area contributed by atoms with Crippen molar-refractivity contribution >= 4 is 11.8 Å². The van der Waals surface area contributed by atoms with Gasteiger partial charge in [-0.3, -0.25) is 9.59 Å². The molecule has 0 atom stereocenters. The first-order valence-electron chi connectivity index (χ1n) is 9.37. The molecule has 3 aromatic rings. The molecule has 0 saturated heterocycles. The van der Waals surface area contributed by atoms with Crippen LogP contribution >= 0.6 is 0 Å². The Kier molecular flexibility index (Phi) is 6.58. The molecule has 0 radical (unpaired) electrons. The second kappa shape index (κ2) is 9.51. The quantitative estimate of drug-likeness (QED) is 0.622. The lowest BCUT2D eigenvalue weighted by Gasteiger charge is -2.18. The predicted molar refractivity (Wildman–Crippen MR) is 111 cm³/mol. The summed E-state index contributed by atoms with van der Waals surface area (Å²) in [5.41, 5.74) is 3.54. The van der Waals surface area contributed by atoms with Gasteiger partial charge in [-0.25, -0.2) is 0 Å². The van der Waals surface area contributed by atoms with Crippen molar-refractivity contribution in [3.63, 3.8) is 0 Å². The minimum atomic E-state index is -0.380. The van der Waals surface area contributed by atoms with Crippen LogP contribution in [-0.2, 0) is 4.79 Å². The number of aryl methyl sites for hydroxylation is 1. The predicted octanol–water partition coefficient (Wildman–Crippen LogP) is 3.67. The van der Waals surface area contributed by atoms with Gasteiger partial charge in [0.15, 0.2) is 0 Å². The molecule has 28 heavy (non-hydrogen) atoms. The van der Waals surface area contributed by atoms with Crippen LogP contribution in [0.1, 0.15) is 33.0 Å². The Bertz CT molecular complexity index is 884. The van der Waals surface area contributed by atoms with Crippen LogP contribution in [0.3, 0.4) is 0 Å². The summed E-state index contributed by atoms with van der Waals surface area (Å²) in [6.07, 6.45) is 0. The number of nitrogens with one attached hydrogen (secondary N) is 2. The summed E-state index contributed by atoms with van der Waals surface area (Å²) >= 11 is 0. The van der Waals surface area contributed by atoms with Crippen LogP contribution in [0, 0.1) is 6.92 Å². The Labute approximate surface area is 165 Å². The molecule has 0 heterocycles. The van der Waals surface area contributed by atoms with E-state index in [1.54, 1.807) is 6.07 Å². The van der Waals surface area contributed by atoms with Gasteiger partial charge in [-0.2, -0.15) is 0 Å². The molecule has 142 valence electrons. The second-order valence-electron chi connectivity index (χ2n) is 6.67. The second-order valence-corrected chi connectivity index (χ2v) is 6.67. The van der Waals surface area contributed by atoms with Crippen LogP contribution in [0.25, 0.3) is 0 Å². The van der Waals surface area contributed by atoms with E-state index in [9.17, 15) is 9.59 Å². The Morgan fingerprint density at radius 2 is 1.32 bits per heavy atom. The lowest BCUT2D eigenvalue weighted by molar-refractivity contribution is -0.121. The van der Waals surface area contributed by atoms with Gasteiger partial charge in [0.2, 0.25) is 5.91 Å². The largest absolute Gasteiger partial charge is 0.354 e. The van der Waals surface area contributed by atoms with Crippen molar-refractivity contribution in [3.8, 4) is 0 Å². The van der Waals surface area contributed by atoms with Crippen molar-refractivity contribution in [2.75, 3.05) is 13.1 Å². The molecule has 0 aromatic heterocycles. The standard InChI is InChI=1S/C24H24N2O2/c1-18-9-8-14-21(17-18)23(27)25-15-16-26-24(28)22(19-10-4-2-5-11-19)20-12-6-3-7-13-20/h2-14,17,22H,15-16H2,1H3,(H,25,27)(H,26,28). The third-order valence-electron chi connectivity index (χ3n) is 4.52. The molecule has 0 aliphatic carbocycles. The summed E-state index contributed by atoms with van der Waals surface area (Å²) in [6, 6.07) is 26.8. The molecule has 4 nitrogen and oxygen atoms in total. The number of benzene rings is 3. The average molecular weight is 372 g/mol. The first-order valence-corrected chi connectivity index (χ1v) is 9.37. The smallest absolute Gasteiger partial charge is 0.251 e. The van der Waals surface area contributed by atoms with Gasteiger partial charge < -0.3 is 10.6 Å². The number of hydrogen-bond acceptors (Lipinski definition) is 2. The van der Waals surface area contributed by atoms with Crippen molar-refractivity contribution in [2.24, 2.45) is 0 Å². The summed E-state index contributed by atoms with van der Waals surface area (Å²) < 4.78 is 0. The summed E-state index contributed by atoms with van der Waals surface area (Å²) in [4.78, 5) is 25.1. The lowest BCUT2D eigenvalue weighted by atomic mass is 9.90. The van der Waals surface area contributed by atoms with E-state index < -0.39 is 0 Å². The molecular formula is C24H24N2O2. The zero-order valence-corrected chi connectivity index (χ0v) is 15.9. The van der Waals surface area contributed by atoms with Crippen molar-refractivity contribution in [1.82, 2.24) is 10.6 Å². The third kappa shape index (κ3) is 5.07. The van der Waals surface area contributed by atoms with Crippen LogP contribution in [0.15, 0.2) is 84.9 Å². The van der Waals surface area contributed by atoms with E-state index in [-0.39, 0.29) is 17.7 Å². The molecule has 0 aliphatic heterocycles. The number of rotatable bonds is 7. The van der Waals surface area contributed by atoms with E-state index in [4.69, 9.17) is 0 Å². The van der Waals surface area contributed by atoms with Gasteiger partial charge in [-0.15, -0.1) is 0 Å². The highest BCUT2D eigenvalue weighted by molar-refractivity contribution is 5.94. The first kappa shape index (κ1) is 19.4. The molecular weight excluding hydrogens is 348 g/mol. The fourth-order valence-electron chi connectivity index (χ4n) is 3.14. The normalized spacial score (nSPS) is 10.5.